The van der Waals surface area contributed by atoms with E-state index in [-0.39, 0.29) is 12.5 Å². The fourth-order valence-electron chi connectivity index (χ4n) is 2.07. The van der Waals surface area contributed by atoms with Gasteiger partial charge in [-0.1, -0.05) is 19.1 Å². The number of ether oxygens (including phenoxy) is 2. The number of benzene rings is 1. The Morgan fingerprint density at radius 1 is 1.20 bits per heavy atom. The Morgan fingerprint density at radius 2 is 2.00 bits per heavy atom. The largest absolute Gasteiger partial charge is 0.493 e. The van der Waals surface area contributed by atoms with Crippen LogP contribution >= 0.6 is 0 Å². The van der Waals surface area contributed by atoms with Crippen LogP contribution in [0.25, 0.3) is 0 Å². The highest BCUT2D eigenvalue weighted by molar-refractivity contribution is 5.86. The van der Waals surface area contributed by atoms with Gasteiger partial charge in [0.25, 0.3) is 0 Å². The van der Waals surface area contributed by atoms with Crippen LogP contribution in [0.15, 0.2) is 23.2 Å². The van der Waals surface area contributed by atoms with Gasteiger partial charge in [-0.3, -0.25) is 9.79 Å². The summed E-state index contributed by atoms with van der Waals surface area (Å²) in [6.45, 7) is 6.50. The van der Waals surface area contributed by atoms with Crippen molar-refractivity contribution in [3.8, 4) is 5.75 Å². The zero-order chi connectivity index (χ0) is 18.5. The monoisotopic (exact) mass is 350 g/mol. The van der Waals surface area contributed by atoms with Gasteiger partial charge in [-0.25, -0.2) is 0 Å². The lowest BCUT2D eigenvalue weighted by molar-refractivity contribution is -0.120. The molecule has 1 rings (SSSR count). The van der Waals surface area contributed by atoms with Gasteiger partial charge in [-0.2, -0.15) is 0 Å². The minimum Gasteiger partial charge on any atom is -0.493 e. The number of hydrogen-bond acceptors (Lipinski definition) is 4. The number of guanidine groups is 1. The van der Waals surface area contributed by atoms with Crippen LogP contribution < -0.4 is 20.7 Å². The van der Waals surface area contributed by atoms with Gasteiger partial charge >= 0.3 is 0 Å². The number of rotatable bonds is 10. The maximum atomic E-state index is 11.7. The summed E-state index contributed by atoms with van der Waals surface area (Å²) in [5.74, 6) is 1.33. The van der Waals surface area contributed by atoms with E-state index in [0.29, 0.717) is 32.3 Å². The Hall–Kier alpha value is -2.28. The summed E-state index contributed by atoms with van der Waals surface area (Å²) >= 11 is 0. The third-order valence-electron chi connectivity index (χ3n) is 3.40. The third kappa shape index (κ3) is 8.39. The standard InChI is InChI=1S/C18H30N4O3/c1-5-9-25-16-11-14(2)6-7-15(16)12-21-18(19-3)22-13-17(23)20-8-10-24-4/h6-7,11H,5,8-10,12-13H2,1-4H3,(H,20,23)(H2,19,21,22). The molecule has 0 bridgehead atoms. The van der Waals surface area contributed by atoms with Gasteiger partial charge < -0.3 is 25.4 Å². The number of aliphatic imine (C=N–C) groups is 1. The predicted octanol–water partition coefficient (Wildman–Crippen LogP) is 1.21. The normalized spacial score (nSPS) is 11.1. The summed E-state index contributed by atoms with van der Waals surface area (Å²) in [5, 5.41) is 8.93. The number of aryl methyl sites for hydroxylation is 1. The first-order valence-electron chi connectivity index (χ1n) is 8.53. The summed E-state index contributed by atoms with van der Waals surface area (Å²) < 4.78 is 10.7. The quantitative estimate of drug-likeness (QED) is 0.336. The average molecular weight is 350 g/mol. The number of nitrogens with one attached hydrogen (secondary N) is 3. The van der Waals surface area contributed by atoms with E-state index in [9.17, 15) is 4.79 Å². The van der Waals surface area contributed by atoms with Crippen LogP contribution in [0.2, 0.25) is 0 Å². The van der Waals surface area contributed by atoms with Crippen molar-refractivity contribution < 1.29 is 14.3 Å². The van der Waals surface area contributed by atoms with E-state index in [1.165, 1.54) is 0 Å². The molecule has 0 atom stereocenters. The van der Waals surface area contributed by atoms with Crippen molar-refractivity contribution in [2.75, 3.05) is 40.5 Å². The molecule has 0 fully saturated rings. The van der Waals surface area contributed by atoms with Gasteiger partial charge in [0.05, 0.1) is 19.8 Å². The molecule has 0 heterocycles. The molecule has 0 aromatic heterocycles. The second kappa shape index (κ2) is 12.1. The molecule has 1 aromatic carbocycles. The van der Waals surface area contributed by atoms with E-state index in [1.807, 2.05) is 19.1 Å². The molecule has 0 radical (unpaired) electrons. The van der Waals surface area contributed by atoms with Crippen LogP contribution in [0.4, 0.5) is 0 Å². The predicted molar refractivity (Wildman–Crippen MR) is 100 cm³/mol. The van der Waals surface area contributed by atoms with Crippen molar-refractivity contribution in [1.82, 2.24) is 16.0 Å². The summed E-state index contributed by atoms with van der Waals surface area (Å²) in [7, 11) is 3.27. The highest BCUT2D eigenvalue weighted by Crippen LogP contribution is 2.20. The first-order valence-corrected chi connectivity index (χ1v) is 8.53. The van der Waals surface area contributed by atoms with Crippen molar-refractivity contribution in [2.24, 2.45) is 4.99 Å². The second-order valence-corrected chi connectivity index (χ2v) is 5.58. The molecular formula is C18H30N4O3. The smallest absolute Gasteiger partial charge is 0.239 e. The first kappa shape index (κ1) is 20.8. The van der Waals surface area contributed by atoms with Crippen LogP contribution in [0.3, 0.4) is 0 Å². The van der Waals surface area contributed by atoms with E-state index in [4.69, 9.17) is 9.47 Å². The Balaban J connectivity index is 2.50. The van der Waals surface area contributed by atoms with Crippen LogP contribution in [-0.4, -0.2) is 52.3 Å². The molecule has 0 aliphatic carbocycles. The highest BCUT2D eigenvalue weighted by Gasteiger charge is 2.07. The zero-order valence-corrected chi connectivity index (χ0v) is 15.6. The van der Waals surface area contributed by atoms with Gasteiger partial charge in [-0.05, 0) is 25.0 Å². The van der Waals surface area contributed by atoms with Crippen molar-refractivity contribution in [1.29, 1.82) is 0 Å². The molecule has 140 valence electrons. The van der Waals surface area contributed by atoms with Crippen molar-refractivity contribution >= 4 is 11.9 Å². The molecule has 25 heavy (non-hydrogen) atoms. The van der Waals surface area contributed by atoms with Crippen LogP contribution in [0, 0.1) is 6.92 Å². The molecule has 0 unspecified atom stereocenters. The molecule has 0 saturated carbocycles. The SMILES string of the molecule is CCCOc1cc(C)ccc1CNC(=NC)NCC(=O)NCCOC. The zero-order valence-electron chi connectivity index (χ0n) is 15.6. The molecule has 0 aliphatic heterocycles. The molecule has 7 heteroatoms. The lowest BCUT2D eigenvalue weighted by Crippen LogP contribution is -2.43. The molecular weight excluding hydrogens is 320 g/mol. The van der Waals surface area contributed by atoms with Gasteiger partial charge in [0.2, 0.25) is 5.91 Å². The van der Waals surface area contributed by atoms with Crippen molar-refractivity contribution in [3.05, 3.63) is 29.3 Å². The van der Waals surface area contributed by atoms with E-state index in [1.54, 1.807) is 14.2 Å². The fraction of sp³-hybridized carbons (Fsp3) is 0.556. The Bertz CT molecular complexity index is 561. The first-order chi connectivity index (χ1) is 12.1. The number of amides is 1. The molecule has 7 nitrogen and oxygen atoms in total. The Kier molecular flexibility index (Phi) is 10.1. The Labute approximate surface area is 150 Å². The molecule has 0 saturated heterocycles. The maximum Gasteiger partial charge on any atom is 0.239 e. The van der Waals surface area contributed by atoms with Gasteiger partial charge in [-0.15, -0.1) is 0 Å². The second-order valence-electron chi connectivity index (χ2n) is 5.58. The minimum absolute atomic E-state index is 0.109. The lowest BCUT2D eigenvalue weighted by Gasteiger charge is -2.15. The van der Waals surface area contributed by atoms with E-state index >= 15 is 0 Å². The fourth-order valence-corrected chi connectivity index (χ4v) is 2.07. The summed E-state index contributed by atoms with van der Waals surface area (Å²) in [6, 6.07) is 6.12. The number of carbonyl (C=O) groups is 1. The van der Waals surface area contributed by atoms with Gasteiger partial charge in [0.15, 0.2) is 5.96 Å². The number of methoxy groups -OCH3 is 1. The van der Waals surface area contributed by atoms with Crippen molar-refractivity contribution in [3.63, 3.8) is 0 Å². The molecule has 1 aromatic rings. The number of carbonyl (C=O) groups excluding carboxylic acids is 1. The topological polar surface area (TPSA) is 84.0 Å². The average Bonchev–Trinajstić information content (AvgIpc) is 2.61. The van der Waals surface area contributed by atoms with Crippen molar-refractivity contribution in [2.45, 2.75) is 26.8 Å². The van der Waals surface area contributed by atoms with Crippen LogP contribution in [0.5, 0.6) is 5.75 Å². The van der Waals surface area contributed by atoms with E-state index in [2.05, 4.69) is 33.9 Å². The maximum absolute atomic E-state index is 11.7. The third-order valence-corrected chi connectivity index (χ3v) is 3.40. The van der Waals surface area contributed by atoms with E-state index < -0.39 is 0 Å². The van der Waals surface area contributed by atoms with Crippen LogP contribution in [0.1, 0.15) is 24.5 Å². The summed E-state index contributed by atoms with van der Waals surface area (Å²) in [6.07, 6.45) is 0.961. The highest BCUT2D eigenvalue weighted by atomic mass is 16.5. The van der Waals surface area contributed by atoms with Gasteiger partial charge in [0, 0.05) is 32.8 Å². The summed E-state index contributed by atoms with van der Waals surface area (Å²) in [4.78, 5) is 15.8. The molecule has 1 amide bonds. The number of nitrogens with zero attached hydrogens (tertiary/aromatic N) is 1. The molecule has 0 aliphatic rings. The minimum atomic E-state index is -0.109. The lowest BCUT2D eigenvalue weighted by atomic mass is 10.1. The molecule has 0 spiro atoms. The Morgan fingerprint density at radius 3 is 2.68 bits per heavy atom. The van der Waals surface area contributed by atoms with Gasteiger partial charge in [0.1, 0.15) is 5.75 Å². The number of hydrogen-bond donors (Lipinski definition) is 3. The molecule has 3 N–H and O–H groups in total. The van der Waals surface area contributed by atoms with Crippen LogP contribution in [-0.2, 0) is 16.1 Å². The summed E-state index contributed by atoms with van der Waals surface area (Å²) in [5.41, 5.74) is 2.21. The van der Waals surface area contributed by atoms with E-state index in [0.717, 1.165) is 23.3 Å².